The van der Waals surface area contributed by atoms with E-state index < -0.39 is 28.0 Å². The summed E-state index contributed by atoms with van der Waals surface area (Å²) < 4.78 is 32.4. The second-order valence-electron chi connectivity index (χ2n) is 13.9. The summed E-state index contributed by atoms with van der Waals surface area (Å²) in [5, 5.41) is 13.1. The van der Waals surface area contributed by atoms with Gasteiger partial charge in [-0.05, 0) is 64.2 Å². The minimum Gasteiger partial charge on any atom is -0.387 e. The number of aliphatic hydroxyl groups excluding tert-OH is 1. The van der Waals surface area contributed by atoms with E-state index in [0.717, 1.165) is 51.4 Å². The smallest absolute Gasteiger partial charge is 0.267 e. The first-order chi connectivity index (χ1) is 23.8. The Labute approximate surface area is 303 Å². The summed E-state index contributed by atoms with van der Waals surface area (Å²) in [6, 6.07) is -1.08. The van der Waals surface area contributed by atoms with Gasteiger partial charge in [0.1, 0.15) is 0 Å². The van der Waals surface area contributed by atoms with Crippen molar-refractivity contribution in [3.8, 4) is 0 Å². The van der Waals surface area contributed by atoms with Crippen molar-refractivity contribution in [2.75, 3.05) is 5.75 Å². The maximum Gasteiger partial charge on any atom is 0.267 e. The maximum atomic E-state index is 12.5. The molecule has 0 aliphatic rings. The van der Waals surface area contributed by atoms with Crippen LogP contribution in [0.25, 0.3) is 0 Å². The summed E-state index contributed by atoms with van der Waals surface area (Å²) in [5.74, 6) is -1.01. The van der Waals surface area contributed by atoms with E-state index in [-0.39, 0.29) is 12.3 Å². The lowest BCUT2D eigenvalue weighted by atomic mass is 10.0. The van der Waals surface area contributed by atoms with Crippen LogP contribution in [0.15, 0.2) is 48.6 Å². The largest absolute Gasteiger partial charge is 0.387 e. The highest BCUT2D eigenvalue weighted by Gasteiger charge is 2.24. The lowest BCUT2D eigenvalue weighted by molar-refractivity contribution is -0.122. The summed E-state index contributed by atoms with van der Waals surface area (Å²) >= 11 is 0. The van der Waals surface area contributed by atoms with Crippen LogP contribution in [0.1, 0.15) is 194 Å². The zero-order valence-electron chi connectivity index (χ0n) is 31.8. The number of unbranched alkanes of at least 4 members (excludes halogenated alkanes) is 22. The Hall–Kier alpha value is -1.70. The first-order valence-electron chi connectivity index (χ1n) is 20.3. The van der Waals surface area contributed by atoms with Crippen LogP contribution in [0.3, 0.4) is 0 Å². The SMILES string of the molecule is CCC/C=C/CC/C=C/CC/C=C/C(O)C(CS(=O)(=O)O)NC(=O)CCCCCCCCCCCCC/C=C\CCCCCCCCCC. The molecule has 0 aromatic rings. The molecule has 2 unspecified atom stereocenters. The second-order valence-corrected chi connectivity index (χ2v) is 15.4. The third-order valence-electron chi connectivity index (χ3n) is 8.94. The molecule has 1 amide bonds. The van der Waals surface area contributed by atoms with Crippen LogP contribution in [0.5, 0.6) is 0 Å². The summed E-state index contributed by atoms with van der Waals surface area (Å²) in [6.07, 6.45) is 48.3. The fraction of sp³-hybridized carbons (Fsp3) is 0.786. The van der Waals surface area contributed by atoms with Gasteiger partial charge in [0, 0.05) is 6.42 Å². The number of allylic oxidation sites excluding steroid dienone is 7. The van der Waals surface area contributed by atoms with Gasteiger partial charge >= 0.3 is 0 Å². The van der Waals surface area contributed by atoms with Gasteiger partial charge in [-0.15, -0.1) is 0 Å². The van der Waals surface area contributed by atoms with E-state index in [0.29, 0.717) is 6.42 Å². The van der Waals surface area contributed by atoms with Crippen LogP contribution in [0.4, 0.5) is 0 Å². The van der Waals surface area contributed by atoms with Gasteiger partial charge in [-0.1, -0.05) is 172 Å². The van der Waals surface area contributed by atoms with Crippen molar-refractivity contribution in [1.29, 1.82) is 0 Å². The molecule has 2 atom stereocenters. The zero-order valence-corrected chi connectivity index (χ0v) is 32.6. The van der Waals surface area contributed by atoms with Gasteiger partial charge in [0.05, 0.1) is 17.9 Å². The molecule has 286 valence electrons. The molecule has 0 spiro atoms. The van der Waals surface area contributed by atoms with Gasteiger partial charge < -0.3 is 10.4 Å². The van der Waals surface area contributed by atoms with E-state index in [4.69, 9.17) is 0 Å². The molecular weight excluding hydrogens is 631 g/mol. The Kier molecular flexibility index (Phi) is 34.9. The zero-order chi connectivity index (χ0) is 36.1. The molecule has 0 aliphatic heterocycles. The summed E-state index contributed by atoms with van der Waals surface area (Å²) in [5.41, 5.74) is 0. The standard InChI is InChI=1S/C42H77NO5S/c1-3-5-7-9-11-13-15-16-17-18-19-20-21-22-23-24-25-26-28-30-32-34-36-38-42(45)43-40(39-49(46,47)48)41(44)37-35-33-31-29-27-14-12-10-8-6-4-2/h8,10,18-19,27,29,35,37,40-41,44H,3-7,9,11-17,20-26,28,30-34,36,38-39H2,1-2H3,(H,43,45)(H,46,47,48)/b10-8+,19-18-,29-27+,37-35+. The molecule has 0 saturated heterocycles. The van der Waals surface area contributed by atoms with Crippen LogP contribution < -0.4 is 5.32 Å². The van der Waals surface area contributed by atoms with Gasteiger partial charge in [0.15, 0.2) is 0 Å². The van der Waals surface area contributed by atoms with E-state index in [1.54, 1.807) is 6.08 Å². The molecular formula is C42H77NO5S. The number of rotatable bonds is 36. The predicted octanol–water partition coefficient (Wildman–Crippen LogP) is 11.9. The summed E-state index contributed by atoms with van der Waals surface area (Å²) in [4.78, 5) is 12.5. The topological polar surface area (TPSA) is 104 Å². The Balaban J connectivity index is 3.85. The van der Waals surface area contributed by atoms with E-state index in [9.17, 15) is 22.9 Å². The monoisotopic (exact) mass is 708 g/mol. The molecule has 0 aromatic carbocycles. The highest BCUT2D eigenvalue weighted by Crippen LogP contribution is 2.14. The number of hydrogen-bond acceptors (Lipinski definition) is 4. The molecule has 7 heteroatoms. The second kappa shape index (κ2) is 36.1. The fourth-order valence-electron chi connectivity index (χ4n) is 5.89. The first kappa shape index (κ1) is 47.3. The van der Waals surface area contributed by atoms with Crippen molar-refractivity contribution in [1.82, 2.24) is 5.32 Å². The van der Waals surface area contributed by atoms with E-state index >= 15 is 0 Å². The first-order valence-corrected chi connectivity index (χ1v) is 21.9. The average molecular weight is 708 g/mol. The molecule has 0 bridgehead atoms. The molecule has 0 heterocycles. The Morgan fingerprint density at radius 2 is 0.918 bits per heavy atom. The van der Waals surface area contributed by atoms with Gasteiger partial charge in [0.2, 0.25) is 5.91 Å². The van der Waals surface area contributed by atoms with Crippen molar-refractivity contribution in [2.45, 2.75) is 206 Å². The van der Waals surface area contributed by atoms with Crippen molar-refractivity contribution in [3.63, 3.8) is 0 Å². The van der Waals surface area contributed by atoms with Crippen molar-refractivity contribution < 1.29 is 22.9 Å². The van der Waals surface area contributed by atoms with Crippen LogP contribution in [0.2, 0.25) is 0 Å². The number of nitrogens with one attached hydrogen (secondary N) is 1. The molecule has 0 aromatic heterocycles. The fourth-order valence-corrected chi connectivity index (χ4v) is 6.63. The van der Waals surface area contributed by atoms with Crippen LogP contribution in [0, 0.1) is 0 Å². The molecule has 0 aliphatic carbocycles. The molecule has 0 rings (SSSR count). The van der Waals surface area contributed by atoms with E-state index in [2.05, 4.69) is 55.6 Å². The Morgan fingerprint density at radius 1 is 0.531 bits per heavy atom. The van der Waals surface area contributed by atoms with Crippen LogP contribution >= 0.6 is 0 Å². The Morgan fingerprint density at radius 3 is 1.37 bits per heavy atom. The third kappa shape index (κ3) is 37.4. The van der Waals surface area contributed by atoms with E-state index in [1.165, 1.54) is 122 Å². The Bertz CT molecular complexity index is 956. The number of hydrogen-bond donors (Lipinski definition) is 3. The summed E-state index contributed by atoms with van der Waals surface area (Å²) in [6.45, 7) is 4.44. The normalized spacial score (nSPS) is 13.8. The third-order valence-corrected chi connectivity index (χ3v) is 9.72. The van der Waals surface area contributed by atoms with Gasteiger partial charge in [-0.3, -0.25) is 9.35 Å². The van der Waals surface area contributed by atoms with Gasteiger partial charge in [0.25, 0.3) is 10.1 Å². The average Bonchev–Trinajstić information content (AvgIpc) is 3.06. The highest BCUT2D eigenvalue weighted by atomic mass is 32.2. The van der Waals surface area contributed by atoms with Crippen molar-refractivity contribution >= 4 is 16.0 Å². The lowest BCUT2D eigenvalue weighted by Gasteiger charge is -2.21. The van der Waals surface area contributed by atoms with Crippen molar-refractivity contribution in [2.24, 2.45) is 0 Å². The highest BCUT2D eigenvalue weighted by molar-refractivity contribution is 7.85. The maximum absolute atomic E-state index is 12.5. The quantitative estimate of drug-likeness (QED) is 0.0342. The lowest BCUT2D eigenvalue weighted by Crippen LogP contribution is -2.46. The van der Waals surface area contributed by atoms with E-state index in [1.807, 2.05) is 0 Å². The minimum atomic E-state index is -4.35. The predicted molar refractivity (Wildman–Crippen MR) is 212 cm³/mol. The van der Waals surface area contributed by atoms with Crippen molar-refractivity contribution in [3.05, 3.63) is 48.6 Å². The molecule has 49 heavy (non-hydrogen) atoms. The molecule has 0 fully saturated rings. The number of carbonyl (C=O) groups excluding carboxylic acids is 1. The van der Waals surface area contributed by atoms with Gasteiger partial charge in [-0.25, -0.2) is 0 Å². The molecule has 3 N–H and O–H groups in total. The van der Waals surface area contributed by atoms with Crippen LogP contribution in [-0.2, 0) is 14.9 Å². The molecule has 6 nitrogen and oxygen atoms in total. The number of aliphatic hydroxyl groups is 1. The number of amides is 1. The van der Waals surface area contributed by atoms with Gasteiger partial charge in [-0.2, -0.15) is 8.42 Å². The van der Waals surface area contributed by atoms with Crippen LogP contribution in [-0.4, -0.2) is 41.9 Å². The summed E-state index contributed by atoms with van der Waals surface area (Å²) in [7, 11) is -4.35. The minimum absolute atomic E-state index is 0.283. The molecule has 0 saturated carbocycles. The molecule has 0 radical (unpaired) electrons. The number of carbonyl (C=O) groups is 1.